The maximum absolute atomic E-state index is 6.00. The third-order valence-electron chi connectivity index (χ3n) is 3.90. The zero-order valence-electron chi connectivity index (χ0n) is 11.3. The van der Waals surface area contributed by atoms with E-state index < -0.39 is 0 Å². The average molecular weight is 256 g/mol. The van der Waals surface area contributed by atoms with Crippen molar-refractivity contribution in [3.63, 3.8) is 0 Å². The summed E-state index contributed by atoms with van der Waals surface area (Å²) in [4.78, 5) is 6.84. The molecule has 0 radical (unpaired) electrons. The van der Waals surface area contributed by atoms with E-state index in [0.717, 1.165) is 25.5 Å². The molecule has 0 fully saturated rings. The maximum atomic E-state index is 6.00. The Hall–Kier alpha value is -1.65. The van der Waals surface area contributed by atoms with E-state index in [0.29, 0.717) is 6.54 Å². The minimum absolute atomic E-state index is 0.283. The van der Waals surface area contributed by atoms with Gasteiger partial charge in [0.05, 0.1) is 6.54 Å². The van der Waals surface area contributed by atoms with Gasteiger partial charge >= 0.3 is 0 Å². The predicted octanol–water partition coefficient (Wildman–Crippen LogP) is 1.71. The first-order chi connectivity index (χ1) is 9.28. The molecule has 2 aromatic rings. The summed E-state index contributed by atoms with van der Waals surface area (Å²) in [7, 11) is 0. The van der Waals surface area contributed by atoms with Crippen LogP contribution in [0.15, 0.2) is 36.7 Å². The van der Waals surface area contributed by atoms with Gasteiger partial charge in [-0.15, -0.1) is 0 Å². The second-order valence-electron chi connectivity index (χ2n) is 5.17. The van der Waals surface area contributed by atoms with Crippen LogP contribution in [0.5, 0.6) is 0 Å². The molecule has 1 aromatic heterocycles. The van der Waals surface area contributed by atoms with E-state index in [9.17, 15) is 0 Å². The number of rotatable bonds is 3. The number of hydrogen-bond acceptors (Lipinski definition) is 3. The second kappa shape index (κ2) is 5.15. The number of benzene rings is 1. The van der Waals surface area contributed by atoms with Gasteiger partial charge in [0, 0.05) is 38.1 Å². The van der Waals surface area contributed by atoms with Crippen LogP contribution in [0.25, 0.3) is 0 Å². The highest BCUT2D eigenvalue weighted by Gasteiger charge is 2.24. The summed E-state index contributed by atoms with van der Waals surface area (Å²) in [5.41, 5.74) is 8.59. The topological polar surface area (TPSA) is 47.1 Å². The van der Waals surface area contributed by atoms with Crippen LogP contribution in [0.1, 0.15) is 23.0 Å². The van der Waals surface area contributed by atoms with Crippen molar-refractivity contribution in [3.05, 3.63) is 53.6 Å². The van der Waals surface area contributed by atoms with E-state index in [2.05, 4.69) is 51.8 Å². The number of imidazole rings is 1. The first kappa shape index (κ1) is 12.4. The van der Waals surface area contributed by atoms with Crippen molar-refractivity contribution in [2.45, 2.75) is 26.1 Å². The molecule has 3 rings (SSSR count). The van der Waals surface area contributed by atoms with Gasteiger partial charge in [0.2, 0.25) is 0 Å². The molecule has 2 N–H and O–H groups in total. The highest BCUT2D eigenvalue weighted by Crippen LogP contribution is 2.24. The Balaban J connectivity index is 1.82. The molecule has 2 heterocycles. The molecule has 1 unspecified atom stereocenters. The number of fused-ring (bicyclic) bond motifs is 1. The molecule has 0 saturated heterocycles. The van der Waals surface area contributed by atoms with Crippen molar-refractivity contribution in [2.75, 3.05) is 13.1 Å². The molecular weight excluding hydrogens is 236 g/mol. The van der Waals surface area contributed by atoms with Crippen LogP contribution in [0.2, 0.25) is 0 Å². The molecule has 0 aliphatic carbocycles. The summed E-state index contributed by atoms with van der Waals surface area (Å²) in [5, 5.41) is 0. The van der Waals surface area contributed by atoms with E-state index in [1.807, 2.05) is 6.20 Å². The van der Waals surface area contributed by atoms with E-state index >= 15 is 0 Å². The molecule has 0 saturated carbocycles. The highest BCUT2D eigenvalue weighted by atomic mass is 15.3. The Morgan fingerprint density at radius 3 is 2.79 bits per heavy atom. The lowest BCUT2D eigenvalue weighted by atomic mass is 10.0. The fourth-order valence-corrected chi connectivity index (χ4v) is 2.74. The third-order valence-corrected chi connectivity index (χ3v) is 3.90. The zero-order valence-corrected chi connectivity index (χ0v) is 11.3. The van der Waals surface area contributed by atoms with Crippen LogP contribution in [-0.4, -0.2) is 27.5 Å². The monoisotopic (exact) mass is 256 g/mol. The van der Waals surface area contributed by atoms with Crippen LogP contribution in [0.3, 0.4) is 0 Å². The van der Waals surface area contributed by atoms with Crippen molar-refractivity contribution in [1.29, 1.82) is 0 Å². The molecule has 100 valence electrons. The molecule has 4 heteroatoms. The van der Waals surface area contributed by atoms with Crippen LogP contribution in [0, 0.1) is 6.92 Å². The molecule has 4 nitrogen and oxygen atoms in total. The normalized spacial score (nSPS) is 17.2. The summed E-state index contributed by atoms with van der Waals surface area (Å²) < 4.78 is 2.22. The molecule has 1 aromatic carbocycles. The Morgan fingerprint density at radius 2 is 2.05 bits per heavy atom. The average Bonchev–Trinajstić information content (AvgIpc) is 2.89. The van der Waals surface area contributed by atoms with E-state index in [-0.39, 0.29) is 6.04 Å². The summed E-state index contributed by atoms with van der Waals surface area (Å²) in [6.45, 7) is 5.66. The van der Waals surface area contributed by atoms with E-state index in [1.54, 1.807) is 0 Å². The van der Waals surface area contributed by atoms with Crippen LogP contribution < -0.4 is 5.73 Å². The van der Waals surface area contributed by atoms with Gasteiger partial charge in [0.1, 0.15) is 5.82 Å². The molecule has 0 spiro atoms. The first-order valence-electron chi connectivity index (χ1n) is 6.78. The van der Waals surface area contributed by atoms with E-state index in [1.165, 1.54) is 11.1 Å². The van der Waals surface area contributed by atoms with Crippen molar-refractivity contribution < 1.29 is 0 Å². The Bertz CT molecular complexity index is 544. The van der Waals surface area contributed by atoms with Crippen molar-refractivity contribution in [3.8, 4) is 0 Å². The Labute approximate surface area is 113 Å². The summed E-state index contributed by atoms with van der Waals surface area (Å²) >= 11 is 0. The molecule has 1 atom stereocenters. The number of aromatic nitrogens is 2. The fraction of sp³-hybridized carbons (Fsp3) is 0.400. The quantitative estimate of drug-likeness (QED) is 0.909. The number of aryl methyl sites for hydroxylation is 1. The third kappa shape index (κ3) is 2.41. The van der Waals surface area contributed by atoms with Gasteiger partial charge in [-0.2, -0.15) is 0 Å². The number of hydrogen-bond donors (Lipinski definition) is 1. The van der Waals surface area contributed by atoms with Gasteiger partial charge in [0.15, 0.2) is 0 Å². The van der Waals surface area contributed by atoms with Gasteiger partial charge in [-0.05, 0) is 12.5 Å². The predicted molar refractivity (Wildman–Crippen MR) is 75.6 cm³/mol. The minimum Gasteiger partial charge on any atom is -0.333 e. The first-order valence-corrected chi connectivity index (χ1v) is 6.78. The SMILES string of the molecule is Cc1ccc(C(CN)N2CCn3ccnc3C2)cc1. The van der Waals surface area contributed by atoms with Gasteiger partial charge < -0.3 is 10.3 Å². The smallest absolute Gasteiger partial charge is 0.122 e. The minimum atomic E-state index is 0.283. The summed E-state index contributed by atoms with van der Waals surface area (Å²) in [6, 6.07) is 8.97. The molecule has 1 aliphatic rings. The van der Waals surface area contributed by atoms with Crippen molar-refractivity contribution in [1.82, 2.24) is 14.5 Å². The van der Waals surface area contributed by atoms with Crippen molar-refractivity contribution >= 4 is 0 Å². The van der Waals surface area contributed by atoms with Gasteiger partial charge in [-0.3, -0.25) is 4.90 Å². The molecule has 19 heavy (non-hydrogen) atoms. The summed E-state index contributed by atoms with van der Waals surface area (Å²) in [5.74, 6) is 1.14. The lowest BCUT2D eigenvalue weighted by molar-refractivity contribution is 0.156. The van der Waals surface area contributed by atoms with Gasteiger partial charge in [-0.25, -0.2) is 4.98 Å². The van der Waals surface area contributed by atoms with Crippen LogP contribution in [0.4, 0.5) is 0 Å². The van der Waals surface area contributed by atoms with Gasteiger partial charge in [-0.1, -0.05) is 29.8 Å². The molecule has 0 bridgehead atoms. The molecular formula is C15H20N4. The zero-order chi connectivity index (χ0) is 13.2. The molecule has 0 amide bonds. The number of nitrogens with zero attached hydrogens (tertiary/aromatic N) is 3. The Kier molecular flexibility index (Phi) is 3.36. The highest BCUT2D eigenvalue weighted by molar-refractivity contribution is 5.24. The largest absolute Gasteiger partial charge is 0.333 e. The lowest BCUT2D eigenvalue weighted by Gasteiger charge is -2.34. The number of nitrogens with two attached hydrogens (primary N) is 1. The van der Waals surface area contributed by atoms with E-state index in [4.69, 9.17) is 5.73 Å². The summed E-state index contributed by atoms with van der Waals surface area (Å²) in [6.07, 6.45) is 3.93. The van der Waals surface area contributed by atoms with Crippen molar-refractivity contribution in [2.24, 2.45) is 5.73 Å². The Morgan fingerprint density at radius 1 is 1.26 bits per heavy atom. The van der Waals surface area contributed by atoms with Crippen LogP contribution in [-0.2, 0) is 13.1 Å². The second-order valence-corrected chi connectivity index (χ2v) is 5.17. The molecule has 1 aliphatic heterocycles. The maximum Gasteiger partial charge on any atom is 0.122 e. The lowest BCUT2D eigenvalue weighted by Crippen LogP contribution is -2.39. The fourth-order valence-electron chi connectivity index (χ4n) is 2.74. The van der Waals surface area contributed by atoms with Gasteiger partial charge in [0.25, 0.3) is 0 Å². The van der Waals surface area contributed by atoms with Crippen LogP contribution >= 0.6 is 0 Å². The standard InChI is InChI=1S/C15H20N4/c1-12-2-4-13(5-3-12)14(10-16)19-9-8-18-7-6-17-15(18)11-19/h2-7,14H,8-11,16H2,1H3.